The van der Waals surface area contributed by atoms with Crippen LogP contribution in [0.1, 0.15) is 34.7 Å². The third-order valence-electron chi connectivity index (χ3n) is 5.46. The first kappa shape index (κ1) is 24.4. The molecule has 4 aromatic rings. The van der Waals surface area contributed by atoms with Crippen molar-refractivity contribution >= 4 is 40.9 Å². The number of rotatable bonds is 7. The van der Waals surface area contributed by atoms with Crippen LogP contribution in [0.5, 0.6) is 11.5 Å². The number of carbonyl (C=O) groups is 1. The van der Waals surface area contributed by atoms with Crippen LogP contribution in [0.15, 0.2) is 65.8 Å². The van der Waals surface area contributed by atoms with Gasteiger partial charge >= 0.3 is 0 Å². The fraction of sp³-hybridized carbons (Fsp3) is 0.160. The lowest BCUT2D eigenvalue weighted by atomic mass is 10.1. The first-order chi connectivity index (χ1) is 17.4. The van der Waals surface area contributed by atoms with Crippen molar-refractivity contribution in [2.75, 3.05) is 6.79 Å². The Morgan fingerprint density at radius 1 is 1.08 bits per heavy atom. The highest BCUT2D eigenvalue weighted by molar-refractivity contribution is 7.98. The third kappa shape index (κ3) is 5.13. The van der Waals surface area contributed by atoms with E-state index in [1.807, 2.05) is 6.92 Å². The molecular formula is C25H19Cl2FN4O3S. The highest BCUT2D eigenvalue weighted by Crippen LogP contribution is 2.34. The maximum atomic E-state index is 13.3. The van der Waals surface area contributed by atoms with E-state index in [0.717, 1.165) is 5.56 Å². The Morgan fingerprint density at radius 3 is 2.64 bits per heavy atom. The average Bonchev–Trinajstić information content (AvgIpc) is 3.50. The fourth-order valence-electron chi connectivity index (χ4n) is 3.65. The van der Waals surface area contributed by atoms with Crippen LogP contribution in [0.4, 0.5) is 4.39 Å². The molecule has 7 nitrogen and oxygen atoms in total. The van der Waals surface area contributed by atoms with Gasteiger partial charge in [0.05, 0.1) is 16.8 Å². The zero-order chi connectivity index (χ0) is 25.2. The number of halogens is 3. The first-order valence-electron chi connectivity index (χ1n) is 10.9. The van der Waals surface area contributed by atoms with Crippen LogP contribution in [-0.2, 0) is 5.75 Å². The predicted molar refractivity (Wildman–Crippen MR) is 136 cm³/mol. The van der Waals surface area contributed by atoms with Crippen molar-refractivity contribution in [2.24, 2.45) is 0 Å². The van der Waals surface area contributed by atoms with Crippen molar-refractivity contribution in [1.82, 2.24) is 20.1 Å². The van der Waals surface area contributed by atoms with Crippen LogP contribution in [0.25, 0.3) is 5.69 Å². The van der Waals surface area contributed by atoms with Gasteiger partial charge in [0.2, 0.25) is 6.79 Å². The number of fused-ring (bicyclic) bond motifs is 1. The molecule has 1 aliphatic rings. The number of hydrogen-bond donors (Lipinski definition) is 1. The molecule has 1 unspecified atom stereocenters. The van der Waals surface area contributed by atoms with E-state index in [-0.39, 0.29) is 18.5 Å². The molecule has 1 aromatic heterocycles. The van der Waals surface area contributed by atoms with Gasteiger partial charge in [0.15, 0.2) is 22.5 Å². The van der Waals surface area contributed by atoms with Crippen molar-refractivity contribution in [2.45, 2.75) is 23.9 Å². The molecule has 1 aliphatic heterocycles. The minimum Gasteiger partial charge on any atom is -0.454 e. The first-order valence-corrected chi connectivity index (χ1v) is 12.6. The molecule has 2 heterocycles. The molecule has 1 amide bonds. The van der Waals surface area contributed by atoms with Crippen molar-refractivity contribution in [3.8, 4) is 17.2 Å². The Kier molecular flexibility index (Phi) is 7.04. The minimum atomic E-state index is -0.526. The van der Waals surface area contributed by atoms with E-state index >= 15 is 0 Å². The molecule has 0 spiro atoms. The summed E-state index contributed by atoms with van der Waals surface area (Å²) in [4.78, 5) is 13.0. The molecule has 0 aliphatic carbocycles. The van der Waals surface area contributed by atoms with Gasteiger partial charge in [-0.15, -0.1) is 10.2 Å². The van der Waals surface area contributed by atoms with Crippen molar-refractivity contribution in [3.63, 3.8) is 0 Å². The fourth-order valence-corrected chi connectivity index (χ4v) is 5.06. The van der Waals surface area contributed by atoms with Crippen molar-refractivity contribution in [3.05, 3.63) is 93.5 Å². The highest BCUT2D eigenvalue weighted by atomic mass is 35.5. The molecule has 0 saturated heterocycles. The normalized spacial score (nSPS) is 13.0. The zero-order valence-electron chi connectivity index (χ0n) is 18.9. The number of hydrogen-bond acceptors (Lipinski definition) is 6. The topological polar surface area (TPSA) is 78.3 Å². The molecular weight excluding hydrogens is 526 g/mol. The summed E-state index contributed by atoms with van der Waals surface area (Å²) < 4.78 is 25.8. The van der Waals surface area contributed by atoms with E-state index in [0.29, 0.717) is 49.5 Å². The third-order valence-corrected chi connectivity index (χ3v) is 7.00. The van der Waals surface area contributed by atoms with Gasteiger partial charge in [-0.05, 0) is 61.0 Å². The molecule has 0 radical (unpaired) electrons. The van der Waals surface area contributed by atoms with Crippen LogP contribution < -0.4 is 14.8 Å². The summed E-state index contributed by atoms with van der Waals surface area (Å²) in [6.07, 6.45) is 0. The molecule has 3 aromatic carbocycles. The van der Waals surface area contributed by atoms with Crippen LogP contribution in [0.3, 0.4) is 0 Å². The molecule has 0 bridgehead atoms. The molecule has 0 saturated carbocycles. The van der Waals surface area contributed by atoms with Crippen LogP contribution >= 0.6 is 35.0 Å². The lowest BCUT2D eigenvalue weighted by Crippen LogP contribution is -2.28. The van der Waals surface area contributed by atoms with Gasteiger partial charge < -0.3 is 14.8 Å². The Morgan fingerprint density at radius 2 is 1.86 bits per heavy atom. The summed E-state index contributed by atoms with van der Waals surface area (Å²) in [6.45, 7) is 1.93. The summed E-state index contributed by atoms with van der Waals surface area (Å²) in [6, 6.07) is 15.8. The van der Waals surface area contributed by atoms with E-state index in [1.54, 1.807) is 53.1 Å². The number of thioether (sulfide) groups is 1. The van der Waals surface area contributed by atoms with Gasteiger partial charge in [-0.3, -0.25) is 9.36 Å². The van der Waals surface area contributed by atoms with Gasteiger partial charge in [0, 0.05) is 16.3 Å². The molecule has 36 heavy (non-hydrogen) atoms. The predicted octanol–water partition coefficient (Wildman–Crippen LogP) is 6.23. The molecule has 0 fully saturated rings. The number of carbonyl (C=O) groups excluding carboxylic acids is 1. The van der Waals surface area contributed by atoms with E-state index in [4.69, 9.17) is 32.7 Å². The number of benzene rings is 3. The second-order valence-corrected chi connectivity index (χ2v) is 9.74. The summed E-state index contributed by atoms with van der Waals surface area (Å²) in [7, 11) is 0. The molecule has 5 rings (SSSR count). The largest absolute Gasteiger partial charge is 0.454 e. The van der Waals surface area contributed by atoms with E-state index in [2.05, 4.69) is 15.5 Å². The number of ether oxygens (including phenoxy) is 2. The van der Waals surface area contributed by atoms with E-state index < -0.39 is 6.04 Å². The average molecular weight is 545 g/mol. The number of aromatic nitrogens is 3. The number of nitrogens with zero attached hydrogens (tertiary/aromatic N) is 3. The highest BCUT2D eigenvalue weighted by Gasteiger charge is 2.24. The molecule has 1 atom stereocenters. The summed E-state index contributed by atoms with van der Waals surface area (Å²) in [5.74, 6) is 1.52. The van der Waals surface area contributed by atoms with Crippen LogP contribution in [-0.4, -0.2) is 27.5 Å². The molecule has 1 N–H and O–H groups in total. The summed E-state index contributed by atoms with van der Waals surface area (Å²) >= 11 is 14.1. The number of amides is 1. The lowest BCUT2D eigenvalue weighted by molar-refractivity contribution is 0.0937. The van der Waals surface area contributed by atoms with Gasteiger partial charge in [0.1, 0.15) is 5.82 Å². The maximum absolute atomic E-state index is 13.3. The van der Waals surface area contributed by atoms with E-state index in [9.17, 15) is 9.18 Å². The Bertz CT molecular complexity index is 1430. The Hall–Kier alpha value is -3.27. The summed E-state index contributed by atoms with van der Waals surface area (Å²) in [5.41, 5.74) is 1.96. The van der Waals surface area contributed by atoms with E-state index in [1.165, 1.54) is 23.9 Å². The molecule has 184 valence electrons. The second-order valence-electron chi connectivity index (χ2n) is 7.95. The van der Waals surface area contributed by atoms with Crippen LogP contribution in [0, 0.1) is 5.82 Å². The maximum Gasteiger partial charge on any atom is 0.252 e. The lowest BCUT2D eigenvalue weighted by Gasteiger charge is -2.17. The van der Waals surface area contributed by atoms with Crippen LogP contribution in [0.2, 0.25) is 10.0 Å². The minimum absolute atomic E-state index is 0.125. The Labute approximate surface area is 220 Å². The molecule has 11 heteroatoms. The van der Waals surface area contributed by atoms with Gasteiger partial charge in [-0.1, -0.05) is 47.1 Å². The number of nitrogens with one attached hydrogen (secondary N) is 1. The quantitative estimate of drug-likeness (QED) is 0.278. The summed E-state index contributed by atoms with van der Waals surface area (Å²) in [5, 5.41) is 13.1. The Balaban J connectivity index is 1.43. The monoisotopic (exact) mass is 544 g/mol. The SMILES string of the molecule is CC(NC(=O)c1ccc2c(c1)OCO2)c1nnc(SCc2ccc(F)cc2)n1-c1ccc(Cl)cc1Cl. The zero-order valence-corrected chi connectivity index (χ0v) is 21.2. The van der Waals surface area contributed by atoms with Gasteiger partial charge in [-0.25, -0.2) is 4.39 Å². The van der Waals surface area contributed by atoms with Gasteiger partial charge in [0.25, 0.3) is 5.91 Å². The smallest absolute Gasteiger partial charge is 0.252 e. The van der Waals surface area contributed by atoms with Crippen molar-refractivity contribution < 1.29 is 18.7 Å². The standard InChI is InChI=1S/C25H19Cl2FN4O3S/c1-14(29-24(33)16-4-9-21-22(10-16)35-13-34-21)23-30-31-25(36-12-15-2-6-18(28)7-3-15)32(23)20-8-5-17(26)11-19(20)27/h2-11,14H,12-13H2,1H3,(H,29,33). The van der Waals surface area contributed by atoms with Gasteiger partial charge in [-0.2, -0.15) is 0 Å². The second kappa shape index (κ2) is 10.4. The van der Waals surface area contributed by atoms with Crippen molar-refractivity contribution in [1.29, 1.82) is 0 Å².